The number of hydrogen-bond donors (Lipinski definition) is 1. The second-order valence-corrected chi connectivity index (χ2v) is 8.10. The van der Waals surface area contributed by atoms with E-state index in [1.54, 1.807) is 6.20 Å². The molecule has 5 heteroatoms. The zero-order valence-electron chi connectivity index (χ0n) is 16.8. The van der Waals surface area contributed by atoms with Crippen molar-refractivity contribution in [2.75, 3.05) is 42.9 Å². The number of nitrogens with one attached hydrogen (secondary N) is 1. The number of carbonyl (C=O) groups is 1. The predicted molar refractivity (Wildman–Crippen MR) is 112 cm³/mol. The lowest BCUT2D eigenvalue weighted by Crippen LogP contribution is -2.46. The molecule has 1 N–H and O–H groups in total. The monoisotopic (exact) mass is 366 g/mol. The Morgan fingerprint density at radius 1 is 1.07 bits per heavy atom. The van der Waals surface area contributed by atoms with Crippen molar-refractivity contribution in [3.05, 3.63) is 53.9 Å². The molecule has 27 heavy (non-hydrogen) atoms. The fraction of sp³-hybridized carbons (Fsp3) is 0.455. The molecule has 0 spiro atoms. The number of amides is 1. The van der Waals surface area contributed by atoms with Gasteiger partial charge in [0.15, 0.2) is 0 Å². The number of aromatic nitrogens is 1. The Kier molecular flexibility index (Phi) is 5.80. The van der Waals surface area contributed by atoms with Crippen LogP contribution in [0.5, 0.6) is 0 Å². The molecule has 5 nitrogen and oxygen atoms in total. The Bertz CT molecular complexity index is 772. The van der Waals surface area contributed by atoms with E-state index < -0.39 is 0 Å². The summed E-state index contributed by atoms with van der Waals surface area (Å²) in [5.41, 5.74) is 3.64. The van der Waals surface area contributed by atoms with Crippen molar-refractivity contribution >= 4 is 17.3 Å². The van der Waals surface area contributed by atoms with Gasteiger partial charge in [0.25, 0.3) is 5.91 Å². The molecule has 0 unspecified atom stereocenters. The Labute approximate surface area is 162 Å². The fourth-order valence-corrected chi connectivity index (χ4v) is 3.31. The molecule has 0 aliphatic carbocycles. The van der Waals surface area contributed by atoms with Gasteiger partial charge in [0, 0.05) is 43.8 Å². The number of carbonyl (C=O) groups excluding carboxylic acids is 1. The first-order chi connectivity index (χ1) is 12.9. The molecule has 2 aromatic rings. The molecule has 0 bridgehead atoms. The van der Waals surface area contributed by atoms with Crippen molar-refractivity contribution in [3.63, 3.8) is 0 Å². The number of benzene rings is 1. The molecule has 1 amide bonds. The first kappa shape index (κ1) is 19.4. The minimum Gasteiger partial charge on any atom is -0.369 e. The molecule has 1 aromatic carbocycles. The van der Waals surface area contributed by atoms with E-state index in [2.05, 4.69) is 59.9 Å². The molecule has 0 atom stereocenters. The highest BCUT2D eigenvalue weighted by atomic mass is 16.1. The number of nitrogens with zero attached hydrogens (tertiary/aromatic N) is 3. The number of pyridine rings is 1. The van der Waals surface area contributed by atoms with Gasteiger partial charge in [0.05, 0.1) is 0 Å². The van der Waals surface area contributed by atoms with E-state index >= 15 is 0 Å². The Morgan fingerprint density at radius 2 is 1.74 bits per heavy atom. The smallest absolute Gasteiger partial charge is 0.274 e. The van der Waals surface area contributed by atoms with Gasteiger partial charge in [-0.1, -0.05) is 39.8 Å². The largest absolute Gasteiger partial charge is 0.369 e. The average Bonchev–Trinajstić information content (AvgIpc) is 2.68. The highest BCUT2D eigenvalue weighted by molar-refractivity contribution is 6.03. The van der Waals surface area contributed by atoms with Crippen LogP contribution < -0.4 is 10.2 Å². The van der Waals surface area contributed by atoms with E-state index in [1.807, 2.05) is 24.3 Å². The molecule has 1 aromatic heterocycles. The lowest BCUT2D eigenvalue weighted by Gasteiger charge is -2.35. The van der Waals surface area contributed by atoms with Crippen LogP contribution in [0.4, 0.5) is 11.4 Å². The predicted octanol–water partition coefficient (Wildman–Crippen LogP) is 3.77. The summed E-state index contributed by atoms with van der Waals surface area (Å²) in [5, 5.41) is 2.96. The Morgan fingerprint density at radius 3 is 2.33 bits per heavy atom. The maximum atomic E-state index is 12.6. The molecular formula is C22H30N4O. The van der Waals surface area contributed by atoms with Gasteiger partial charge in [0.1, 0.15) is 5.69 Å². The molecule has 1 saturated heterocycles. The van der Waals surface area contributed by atoms with Crippen molar-refractivity contribution in [3.8, 4) is 0 Å². The highest BCUT2D eigenvalue weighted by Crippen LogP contribution is 2.24. The molecule has 144 valence electrons. The Hall–Kier alpha value is -2.40. The first-order valence-electron chi connectivity index (χ1n) is 9.72. The van der Waals surface area contributed by atoms with E-state index in [9.17, 15) is 4.79 Å². The highest BCUT2D eigenvalue weighted by Gasteiger charge is 2.18. The van der Waals surface area contributed by atoms with Crippen LogP contribution in [0, 0.1) is 0 Å². The maximum Gasteiger partial charge on any atom is 0.274 e. The Balaban J connectivity index is 1.67. The summed E-state index contributed by atoms with van der Waals surface area (Å²) in [6.07, 6.45) is 1.72. The van der Waals surface area contributed by atoms with Crippen LogP contribution in [0.2, 0.25) is 0 Å². The van der Waals surface area contributed by atoms with Crippen LogP contribution in [-0.4, -0.2) is 48.5 Å². The summed E-state index contributed by atoms with van der Waals surface area (Å²) in [7, 11) is 0. The van der Waals surface area contributed by atoms with Crippen LogP contribution in [0.3, 0.4) is 0 Å². The SMILES string of the molecule is CCN1CCN(c2ccnc(C(=O)Nc3ccc(C(C)(C)C)cc3)c2)CC1. The van der Waals surface area contributed by atoms with Gasteiger partial charge in [-0.05, 0) is 41.8 Å². The third-order valence-corrected chi connectivity index (χ3v) is 5.17. The van der Waals surface area contributed by atoms with Crippen LogP contribution in [0.1, 0.15) is 43.7 Å². The lowest BCUT2D eigenvalue weighted by atomic mass is 9.87. The third kappa shape index (κ3) is 4.86. The summed E-state index contributed by atoms with van der Waals surface area (Å²) in [6, 6.07) is 11.9. The van der Waals surface area contributed by atoms with Crippen LogP contribution in [0.15, 0.2) is 42.6 Å². The zero-order valence-corrected chi connectivity index (χ0v) is 16.8. The van der Waals surface area contributed by atoms with Crippen molar-refractivity contribution in [2.24, 2.45) is 0 Å². The minimum atomic E-state index is -0.174. The normalized spacial score (nSPS) is 15.6. The third-order valence-electron chi connectivity index (χ3n) is 5.17. The molecule has 1 aliphatic rings. The zero-order chi connectivity index (χ0) is 19.4. The molecular weight excluding hydrogens is 336 g/mol. The molecule has 2 heterocycles. The fourth-order valence-electron chi connectivity index (χ4n) is 3.31. The molecule has 1 fully saturated rings. The summed E-state index contributed by atoms with van der Waals surface area (Å²) < 4.78 is 0. The standard InChI is InChI=1S/C22H30N4O/c1-5-25-12-14-26(15-13-25)19-10-11-23-20(16-19)21(27)24-18-8-6-17(7-9-18)22(2,3)4/h6-11,16H,5,12-15H2,1-4H3,(H,24,27). The lowest BCUT2D eigenvalue weighted by molar-refractivity contribution is 0.102. The molecule has 3 rings (SSSR count). The second-order valence-electron chi connectivity index (χ2n) is 8.10. The van der Waals surface area contributed by atoms with E-state index in [-0.39, 0.29) is 11.3 Å². The second kappa shape index (κ2) is 8.09. The topological polar surface area (TPSA) is 48.5 Å². The van der Waals surface area contributed by atoms with Crippen LogP contribution in [0.25, 0.3) is 0 Å². The van der Waals surface area contributed by atoms with Gasteiger partial charge in [-0.3, -0.25) is 9.78 Å². The van der Waals surface area contributed by atoms with Crippen LogP contribution >= 0.6 is 0 Å². The van der Waals surface area contributed by atoms with E-state index in [4.69, 9.17) is 0 Å². The van der Waals surface area contributed by atoms with Gasteiger partial charge in [0.2, 0.25) is 0 Å². The van der Waals surface area contributed by atoms with Gasteiger partial charge in [-0.15, -0.1) is 0 Å². The molecule has 0 radical (unpaired) electrons. The molecule has 1 aliphatic heterocycles. The number of anilines is 2. The van der Waals surface area contributed by atoms with Crippen molar-refractivity contribution in [1.29, 1.82) is 0 Å². The molecule has 0 saturated carbocycles. The minimum absolute atomic E-state index is 0.0974. The number of likely N-dealkylation sites (N-methyl/N-ethyl adjacent to an activating group) is 1. The first-order valence-corrected chi connectivity index (χ1v) is 9.72. The van der Waals surface area contributed by atoms with Crippen molar-refractivity contribution in [2.45, 2.75) is 33.1 Å². The number of rotatable bonds is 4. The summed E-state index contributed by atoms with van der Waals surface area (Å²) in [6.45, 7) is 13.9. The number of piperazine rings is 1. The van der Waals surface area contributed by atoms with E-state index in [0.717, 1.165) is 44.1 Å². The van der Waals surface area contributed by atoms with Gasteiger partial charge >= 0.3 is 0 Å². The summed E-state index contributed by atoms with van der Waals surface area (Å²) in [5.74, 6) is -0.174. The van der Waals surface area contributed by atoms with Crippen molar-refractivity contribution in [1.82, 2.24) is 9.88 Å². The maximum absolute atomic E-state index is 12.6. The van der Waals surface area contributed by atoms with E-state index in [0.29, 0.717) is 5.69 Å². The van der Waals surface area contributed by atoms with E-state index in [1.165, 1.54) is 5.56 Å². The quantitative estimate of drug-likeness (QED) is 0.895. The van der Waals surface area contributed by atoms with Gasteiger partial charge < -0.3 is 15.1 Å². The number of hydrogen-bond acceptors (Lipinski definition) is 4. The van der Waals surface area contributed by atoms with Gasteiger partial charge in [-0.2, -0.15) is 0 Å². The summed E-state index contributed by atoms with van der Waals surface area (Å²) in [4.78, 5) is 21.7. The average molecular weight is 367 g/mol. The summed E-state index contributed by atoms with van der Waals surface area (Å²) >= 11 is 0. The van der Waals surface area contributed by atoms with Gasteiger partial charge in [-0.25, -0.2) is 0 Å². The van der Waals surface area contributed by atoms with Crippen molar-refractivity contribution < 1.29 is 4.79 Å². The van der Waals surface area contributed by atoms with Crippen LogP contribution in [-0.2, 0) is 5.41 Å².